The van der Waals surface area contributed by atoms with E-state index in [0.29, 0.717) is 0 Å². The summed E-state index contributed by atoms with van der Waals surface area (Å²) in [6, 6.07) is 10.5. The first kappa shape index (κ1) is 22.7. The molecular weight excluding hydrogens is 423 g/mol. The van der Waals surface area contributed by atoms with Crippen molar-refractivity contribution in [2.24, 2.45) is 0 Å². The van der Waals surface area contributed by atoms with Gasteiger partial charge in [0.25, 0.3) is 5.69 Å². The van der Waals surface area contributed by atoms with E-state index in [4.69, 9.17) is 25.4 Å². The second-order valence-electron chi connectivity index (χ2n) is 6.20. The van der Waals surface area contributed by atoms with Crippen LogP contribution in [0.3, 0.4) is 0 Å². The summed E-state index contributed by atoms with van der Waals surface area (Å²) in [4.78, 5) is 22.3. The molecule has 0 fully saturated rings. The minimum absolute atomic E-state index is 0.117. The van der Waals surface area contributed by atoms with Crippen molar-refractivity contribution in [2.45, 2.75) is 32.9 Å². The Morgan fingerprint density at radius 1 is 1.14 bits per heavy atom. The molecular formula is C18H20ClN2O7P. The third-order valence-corrected chi connectivity index (χ3v) is 5.26. The number of rotatable bonds is 9. The van der Waals surface area contributed by atoms with Gasteiger partial charge in [-0.3, -0.25) is 14.9 Å². The molecule has 0 saturated heterocycles. The minimum atomic E-state index is -4.19. The number of non-ortho nitro benzene ring substituents is 1. The first-order valence-electron chi connectivity index (χ1n) is 8.56. The number of nitrogens with one attached hydrogen (secondary N) is 1. The van der Waals surface area contributed by atoms with Crippen molar-refractivity contribution in [1.29, 1.82) is 0 Å². The van der Waals surface area contributed by atoms with E-state index in [-0.39, 0.29) is 28.3 Å². The van der Waals surface area contributed by atoms with Crippen LogP contribution in [-0.2, 0) is 14.1 Å². The van der Waals surface area contributed by atoms with Crippen LogP contribution < -0.4 is 14.1 Å². The fourth-order valence-electron chi connectivity index (χ4n) is 2.12. The van der Waals surface area contributed by atoms with E-state index in [1.807, 2.05) is 0 Å². The summed E-state index contributed by atoms with van der Waals surface area (Å²) in [5.74, 6) is -0.561. The van der Waals surface area contributed by atoms with Gasteiger partial charge in [-0.2, -0.15) is 5.09 Å². The number of ether oxygens (including phenoxy) is 1. The molecule has 9 nitrogen and oxygen atoms in total. The number of nitrogens with zero attached hydrogens (tertiary/aromatic N) is 1. The number of carbonyl (C=O) groups is 1. The molecule has 1 N–H and O–H groups in total. The molecule has 0 spiro atoms. The van der Waals surface area contributed by atoms with Gasteiger partial charge in [0.05, 0.1) is 16.0 Å². The number of para-hydroxylation sites is 1. The zero-order valence-corrected chi connectivity index (χ0v) is 17.6. The van der Waals surface area contributed by atoms with Crippen molar-refractivity contribution in [1.82, 2.24) is 5.09 Å². The van der Waals surface area contributed by atoms with Crippen molar-refractivity contribution in [3.63, 3.8) is 0 Å². The molecule has 0 aromatic heterocycles. The Morgan fingerprint density at radius 2 is 1.79 bits per heavy atom. The van der Waals surface area contributed by atoms with E-state index in [1.54, 1.807) is 44.2 Å². The maximum absolute atomic E-state index is 13.4. The van der Waals surface area contributed by atoms with E-state index in [2.05, 4.69) is 5.09 Å². The average Bonchev–Trinajstić information content (AvgIpc) is 2.63. The maximum atomic E-state index is 13.4. The van der Waals surface area contributed by atoms with Crippen LogP contribution in [-0.4, -0.2) is 23.0 Å². The number of esters is 1. The molecule has 2 atom stereocenters. The van der Waals surface area contributed by atoms with Crippen LogP contribution in [0.25, 0.3) is 0 Å². The van der Waals surface area contributed by atoms with Gasteiger partial charge < -0.3 is 13.8 Å². The number of hydrogen-bond donors (Lipinski definition) is 1. The molecule has 0 heterocycles. The summed E-state index contributed by atoms with van der Waals surface area (Å²) < 4.78 is 29.4. The molecule has 0 radical (unpaired) electrons. The van der Waals surface area contributed by atoms with Crippen molar-refractivity contribution in [3.8, 4) is 11.5 Å². The van der Waals surface area contributed by atoms with Gasteiger partial charge in [0, 0.05) is 12.1 Å². The number of carbonyl (C=O) groups excluding carboxylic acids is 1. The quantitative estimate of drug-likeness (QED) is 0.256. The largest absolute Gasteiger partial charge is 0.513 e. The van der Waals surface area contributed by atoms with Gasteiger partial charge in [-0.05, 0) is 39.0 Å². The Morgan fingerprint density at radius 3 is 2.34 bits per heavy atom. The lowest BCUT2D eigenvalue weighted by Crippen LogP contribution is -2.36. The molecule has 2 aromatic rings. The van der Waals surface area contributed by atoms with Crippen molar-refractivity contribution < 1.29 is 28.1 Å². The average molecular weight is 443 g/mol. The Bertz CT molecular complexity index is 924. The summed E-state index contributed by atoms with van der Waals surface area (Å²) >= 11 is 6.02. The van der Waals surface area contributed by atoms with E-state index >= 15 is 0 Å². The van der Waals surface area contributed by atoms with Gasteiger partial charge >= 0.3 is 13.7 Å². The molecule has 29 heavy (non-hydrogen) atoms. The summed E-state index contributed by atoms with van der Waals surface area (Å²) in [6.07, 6.45) is -0.369. The van der Waals surface area contributed by atoms with Crippen LogP contribution in [0.5, 0.6) is 11.5 Å². The van der Waals surface area contributed by atoms with Crippen molar-refractivity contribution >= 4 is 31.0 Å². The van der Waals surface area contributed by atoms with Crippen LogP contribution >= 0.6 is 19.3 Å². The van der Waals surface area contributed by atoms with Gasteiger partial charge in [0.1, 0.15) is 11.8 Å². The molecule has 2 rings (SSSR count). The van der Waals surface area contributed by atoms with E-state index < -0.39 is 24.7 Å². The smallest absolute Gasteiger partial charge is 0.462 e. The number of benzene rings is 2. The Hall–Kier alpha value is -2.61. The number of nitro benzene ring substituents is 1. The van der Waals surface area contributed by atoms with Crippen LogP contribution in [0.1, 0.15) is 20.8 Å². The molecule has 0 aliphatic rings. The molecule has 2 aromatic carbocycles. The molecule has 11 heteroatoms. The van der Waals surface area contributed by atoms with E-state index in [1.165, 1.54) is 13.0 Å². The number of hydrogen-bond acceptors (Lipinski definition) is 7. The number of nitro groups is 1. The van der Waals surface area contributed by atoms with Gasteiger partial charge in [-0.1, -0.05) is 29.8 Å². The second kappa shape index (κ2) is 9.73. The molecule has 0 aliphatic heterocycles. The Kier molecular flexibility index (Phi) is 7.61. The Balaban J connectivity index is 2.30. The minimum Gasteiger partial charge on any atom is -0.462 e. The zero-order valence-electron chi connectivity index (χ0n) is 15.9. The van der Waals surface area contributed by atoms with Crippen LogP contribution in [0.4, 0.5) is 5.69 Å². The van der Waals surface area contributed by atoms with Gasteiger partial charge in [0.15, 0.2) is 5.75 Å². The summed E-state index contributed by atoms with van der Waals surface area (Å²) in [5.41, 5.74) is -0.261. The fraction of sp³-hybridized carbons (Fsp3) is 0.278. The van der Waals surface area contributed by atoms with E-state index in [9.17, 15) is 19.5 Å². The normalized spacial score (nSPS) is 14.0. The number of halogens is 1. The highest BCUT2D eigenvalue weighted by Gasteiger charge is 2.34. The highest BCUT2D eigenvalue weighted by molar-refractivity contribution is 7.52. The SMILES string of the molecule is CC(C)OC(=O)C(C)NP(=O)(Oc1ccccc1)Oc1ccc([N+](=O)[O-])cc1Cl. The third-order valence-electron chi connectivity index (χ3n) is 3.37. The molecule has 0 aliphatic carbocycles. The fourth-order valence-corrected chi connectivity index (χ4v) is 3.93. The molecule has 0 amide bonds. The summed E-state index contributed by atoms with van der Waals surface area (Å²) in [7, 11) is -4.19. The van der Waals surface area contributed by atoms with Crippen LogP contribution in [0, 0.1) is 10.1 Å². The van der Waals surface area contributed by atoms with Crippen molar-refractivity contribution in [2.75, 3.05) is 0 Å². The zero-order chi connectivity index (χ0) is 21.6. The first-order valence-corrected chi connectivity index (χ1v) is 10.5. The highest BCUT2D eigenvalue weighted by atomic mass is 35.5. The van der Waals surface area contributed by atoms with Gasteiger partial charge in [-0.15, -0.1) is 0 Å². The highest BCUT2D eigenvalue weighted by Crippen LogP contribution is 2.47. The van der Waals surface area contributed by atoms with Crippen LogP contribution in [0.2, 0.25) is 5.02 Å². The summed E-state index contributed by atoms with van der Waals surface area (Å²) in [6.45, 7) is 4.79. The first-order chi connectivity index (χ1) is 13.6. The molecule has 156 valence electrons. The summed E-state index contributed by atoms with van der Waals surface area (Å²) in [5, 5.41) is 13.2. The molecule has 0 bridgehead atoms. The molecule has 0 saturated carbocycles. The van der Waals surface area contributed by atoms with Crippen LogP contribution in [0.15, 0.2) is 48.5 Å². The maximum Gasteiger partial charge on any atom is 0.513 e. The lowest BCUT2D eigenvalue weighted by molar-refractivity contribution is -0.384. The van der Waals surface area contributed by atoms with E-state index in [0.717, 1.165) is 12.1 Å². The third kappa shape index (κ3) is 6.74. The lowest BCUT2D eigenvalue weighted by atomic mass is 10.3. The standard InChI is InChI=1S/C18H20ClN2O7P/c1-12(2)26-18(22)13(3)20-29(25,27-15-7-5-4-6-8-15)28-17-10-9-14(21(23)24)11-16(17)19/h4-13H,1-3H3,(H,20,25). The van der Waals surface area contributed by atoms with Crippen molar-refractivity contribution in [3.05, 3.63) is 63.7 Å². The van der Waals surface area contributed by atoms with Gasteiger partial charge in [0.2, 0.25) is 0 Å². The Labute approximate surface area is 172 Å². The predicted octanol–water partition coefficient (Wildman–Crippen LogP) is 4.74. The topological polar surface area (TPSA) is 117 Å². The molecule has 2 unspecified atom stereocenters. The predicted molar refractivity (Wildman–Crippen MR) is 107 cm³/mol. The monoisotopic (exact) mass is 442 g/mol. The second-order valence-corrected chi connectivity index (χ2v) is 8.23. The lowest BCUT2D eigenvalue weighted by Gasteiger charge is -2.23. The van der Waals surface area contributed by atoms with Gasteiger partial charge in [-0.25, -0.2) is 4.57 Å².